The fraction of sp³-hybridized carbons (Fsp3) is 0.455. The first kappa shape index (κ1) is 20.7. The molecule has 27 heavy (non-hydrogen) atoms. The van der Waals surface area contributed by atoms with Gasteiger partial charge in [-0.15, -0.1) is 0 Å². The highest BCUT2D eigenvalue weighted by Gasteiger charge is 2.28. The Balaban J connectivity index is 2.05. The van der Waals surface area contributed by atoms with Gasteiger partial charge in [0.25, 0.3) is 5.91 Å². The molecule has 5 heteroatoms. The number of rotatable bonds is 6. The fourth-order valence-corrected chi connectivity index (χ4v) is 2.83. The van der Waals surface area contributed by atoms with E-state index in [0.717, 1.165) is 5.56 Å². The van der Waals surface area contributed by atoms with Gasteiger partial charge in [-0.05, 0) is 34.6 Å². The topological polar surface area (TPSA) is 62.6 Å². The Morgan fingerprint density at radius 3 is 2.22 bits per heavy atom. The van der Waals surface area contributed by atoms with E-state index in [-0.39, 0.29) is 28.9 Å². The van der Waals surface area contributed by atoms with Gasteiger partial charge in [-0.25, -0.2) is 0 Å². The second kappa shape index (κ2) is 8.42. The molecule has 1 aromatic carbocycles. The Hall–Kier alpha value is -2.56. The molecule has 1 atom stereocenters. The Kier molecular flexibility index (Phi) is 6.47. The van der Waals surface area contributed by atoms with Crippen LogP contribution in [0.2, 0.25) is 0 Å². The van der Waals surface area contributed by atoms with Crippen LogP contribution in [0.1, 0.15) is 56.3 Å². The molecule has 0 bridgehead atoms. The maximum Gasteiger partial charge on any atom is 0.287 e. The minimum Gasteiger partial charge on any atom is -0.459 e. The molecular formula is C22H30N2O3. The average Bonchev–Trinajstić information content (AvgIpc) is 3.13. The lowest BCUT2D eigenvalue weighted by molar-refractivity contribution is -0.133. The molecule has 1 heterocycles. The number of furan rings is 1. The van der Waals surface area contributed by atoms with Crippen LogP contribution in [-0.4, -0.2) is 29.8 Å². The van der Waals surface area contributed by atoms with Gasteiger partial charge in [-0.1, -0.05) is 58.9 Å². The van der Waals surface area contributed by atoms with Crippen molar-refractivity contribution in [3.63, 3.8) is 0 Å². The summed E-state index contributed by atoms with van der Waals surface area (Å²) in [5.41, 5.74) is 2.41. The summed E-state index contributed by atoms with van der Waals surface area (Å²) in [5, 5.41) is 2.79. The first-order chi connectivity index (χ1) is 12.6. The third-order valence-corrected chi connectivity index (χ3v) is 4.58. The maximum atomic E-state index is 12.9. The first-order valence-corrected chi connectivity index (χ1v) is 9.28. The van der Waals surface area contributed by atoms with Crippen molar-refractivity contribution in [2.24, 2.45) is 5.92 Å². The maximum absolute atomic E-state index is 12.9. The molecule has 0 aliphatic heterocycles. The SMILES string of the molecule is CC(C)[C@H](NC(=O)c1ccco1)C(=O)N(C)Cc1ccc(C(C)(C)C)cc1. The van der Waals surface area contributed by atoms with E-state index in [1.807, 2.05) is 13.8 Å². The number of benzene rings is 1. The normalized spacial score (nSPS) is 12.7. The standard InChI is InChI=1S/C22H30N2O3/c1-15(2)19(23-20(25)18-8-7-13-27-18)21(26)24(6)14-16-9-11-17(12-10-16)22(3,4)5/h7-13,15,19H,14H2,1-6H3,(H,23,25)/t19-/m0/s1. The van der Waals surface area contributed by atoms with Crippen molar-refractivity contribution in [2.45, 2.75) is 52.6 Å². The van der Waals surface area contributed by atoms with Crippen molar-refractivity contribution in [3.8, 4) is 0 Å². The minimum absolute atomic E-state index is 0.0397. The van der Waals surface area contributed by atoms with Crippen molar-refractivity contribution < 1.29 is 14.0 Å². The molecule has 146 valence electrons. The minimum atomic E-state index is -0.610. The first-order valence-electron chi connectivity index (χ1n) is 9.28. The second-order valence-electron chi connectivity index (χ2n) is 8.31. The van der Waals surface area contributed by atoms with Crippen molar-refractivity contribution in [2.75, 3.05) is 7.05 Å². The third-order valence-electron chi connectivity index (χ3n) is 4.58. The van der Waals surface area contributed by atoms with E-state index in [4.69, 9.17) is 4.42 Å². The van der Waals surface area contributed by atoms with Crippen LogP contribution in [0.25, 0.3) is 0 Å². The van der Waals surface area contributed by atoms with Crippen molar-refractivity contribution in [1.29, 1.82) is 0 Å². The molecule has 2 rings (SSSR count). The summed E-state index contributed by atoms with van der Waals surface area (Å²) in [7, 11) is 1.76. The molecule has 1 N–H and O–H groups in total. The largest absolute Gasteiger partial charge is 0.459 e. The van der Waals surface area contributed by atoms with Crippen LogP contribution in [-0.2, 0) is 16.8 Å². The molecule has 2 amide bonds. The molecule has 0 radical (unpaired) electrons. The Morgan fingerprint density at radius 2 is 1.74 bits per heavy atom. The van der Waals surface area contributed by atoms with E-state index in [0.29, 0.717) is 6.54 Å². The lowest BCUT2D eigenvalue weighted by Crippen LogP contribution is -2.49. The predicted molar refractivity (Wildman–Crippen MR) is 106 cm³/mol. The van der Waals surface area contributed by atoms with Gasteiger partial charge in [-0.3, -0.25) is 9.59 Å². The van der Waals surface area contributed by atoms with Crippen LogP contribution in [0, 0.1) is 5.92 Å². The van der Waals surface area contributed by atoms with E-state index in [1.165, 1.54) is 11.8 Å². The highest BCUT2D eigenvalue weighted by Crippen LogP contribution is 2.22. The van der Waals surface area contributed by atoms with E-state index >= 15 is 0 Å². The van der Waals surface area contributed by atoms with Gasteiger partial charge in [-0.2, -0.15) is 0 Å². The van der Waals surface area contributed by atoms with Gasteiger partial charge < -0.3 is 14.6 Å². The second-order valence-corrected chi connectivity index (χ2v) is 8.31. The summed E-state index contributed by atoms with van der Waals surface area (Å²) in [5.74, 6) is -0.337. The number of hydrogen-bond donors (Lipinski definition) is 1. The smallest absolute Gasteiger partial charge is 0.287 e. The van der Waals surface area contributed by atoms with Gasteiger partial charge >= 0.3 is 0 Å². The molecule has 2 aromatic rings. The number of nitrogens with one attached hydrogen (secondary N) is 1. The lowest BCUT2D eigenvalue weighted by Gasteiger charge is -2.27. The van der Waals surface area contributed by atoms with Crippen LogP contribution in [0.5, 0.6) is 0 Å². The van der Waals surface area contributed by atoms with Gasteiger partial charge in [0.2, 0.25) is 5.91 Å². The summed E-state index contributed by atoms with van der Waals surface area (Å²) in [6.07, 6.45) is 1.44. The zero-order valence-corrected chi connectivity index (χ0v) is 17.1. The molecule has 0 saturated carbocycles. The summed E-state index contributed by atoms with van der Waals surface area (Å²) in [6.45, 7) is 10.8. The molecule has 5 nitrogen and oxygen atoms in total. The van der Waals surface area contributed by atoms with E-state index in [1.54, 1.807) is 24.1 Å². The van der Waals surface area contributed by atoms with E-state index < -0.39 is 6.04 Å². The van der Waals surface area contributed by atoms with Crippen LogP contribution in [0.3, 0.4) is 0 Å². The molecule has 0 saturated heterocycles. The summed E-state index contributed by atoms with van der Waals surface area (Å²) < 4.78 is 5.11. The highest BCUT2D eigenvalue weighted by molar-refractivity contribution is 5.95. The number of carbonyl (C=O) groups excluding carboxylic acids is 2. The average molecular weight is 370 g/mol. The Labute approximate surface area is 161 Å². The van der Waals surface area contributed by atoms with Crippen LogP contribution < -0.4 is 5.32 Å². The number of amides is 2. The monoisotopic (exact) mass is 370 g/mol. The fourth-order valence-electron chi connectivity index (χ4n) is 2.83. The Morgan fingerprint density at radius 1 is 1.11 bits per heavy atom. The number of carbonyl (C=O) groups is 2. The molecule has 0 aliphatic rings. The van der Waals surface area contributed by atoms with Crippen LogP contribution in [0.4, 0.5) is 0 Å². The molecule has 0 unspecified atom stereocenters. The predicted octanol–water partition coefficient (Wildman–Crippen LogP) is 3.99. The van der Waals surface area contributed by atoms with Gasteiger partial charge in [0.15, 0.2) is 5.76 Å². The molecule has 0 spiro atoms. The quantitative estimate of drug-likeness (QED) is 0.836. The summed E-state index contributed by atoms with van der Waals surface area (Å²) in [6, 6.07) is 10.9. The zero-order chi connectivity index (χ0) is 20.2. The van der Waals surface area contributed by atoms with E-state index in [2.05, 4.69) is 50.4 Å². The van der Waals surface area contributed by atoms with E-state index in [9.17, 15) is 9.59 Å². The number of likely N-dealkylation sites (N-methyl/N-ethyl adjacent to an activating group) is 1. The molecule has 0 fully saturated rings. The molecular weight excluding hydrogens is 340 g/mol. The molecule has 0 aliphatic carbocycles. The Bertz CT molecular complexity index is 756. The van der Waals surface area contributed by atoms with Crippen LogP contribution >= 0.6 is 0 Å². The lowest BCUT2D eigenvalue weighted by atomic mass is 9.87. The highest BCUT2D eigenvalue weighted by atomic mass is 16.3. The zero-order valence-electron chi connectivity index (χ0n) is 17.1. The van der Waals surface area contributed by atoms with Gasteiger partial charge in [0.05, 0.1) is 6.26 Å². The van der Waals surface area contributed by atoms with Gasteiger partial charge in [0.1, 0.15) is 6.04 Å². The molecule has 1 aromatic heterocycles. The number of nitrogens with zero attached hydrogens (tertiary/aromatic N) is 1. The summed E-state index contributed by atoms with van der Waals surface area (Å²) in [4.78, 5) is 26.8. The van der Waals surface area contributed by atoms with Gasteiger partial charge in [0, 0.05) is 13.6 Å². The van der Waals surface area contributed by atoms with Crippen molar-refractivity contribution in [1.82, 2.24) is 10.2 Å². The summed E-state index contributed by atoms with van der Waals surface area (Å²) >= 11 is 0. The third kappa shape index (κ3) is 5.46. The van der Waals surface area contributed by atoms with Crippen LogP contribution in [0.15, 0.2) is 47.1 Å². The number of hydrogen-bond acceptors (Lipinski definition) is 3. The van der Waals surface area contributed by atoms with Crippen molar-refractivity contribution in [3.05, 3.63) is 59.5 Å². The van der Waals surface area contributed by atoms with Crippen molar-refractivity contribution >= 4 is 11.8 Å².